The summed E-state index contributed by atoms with van der Waals surface area (Å²) < 4.78 is 5.65. The van der Waals surface area contributed by atoms with Crippen LogP contribution in [0.2, 0.25) is 0 Å². The molecule has 0 saturated heterocycles. The Balaban J connectivity index is 1.54. The Bertz CT molecular complexity index is 677. The van der Waals surface area contributed by atoms with Gasteiger partial charge in [-0.1, -0.05) is 30.3 Å². The van der Waals surface area contributed by atoms with Crippen LogP contribution in [0.5, 0.6) is 5.75 Å². The highest BCUT2D eigenvalue weighted by atomic mass is 16.5. The molecular formula is C19H19NO3. The van der Waals surface area contributed by atoms with Crippen molar-refractivity contribution >= 4 is 11.8 Å². The minimum Gasteiger partial charge on any atom is -0.494 e. The molecule has 1 atom stereocenters. The van der Waals surface area contributed by atoms with Crippen molar-refractivity contribution in [2.24, 2.45) is 0 Å². The van der Waals surface area contributed by atoms with Gasteiger partial charge in [-0.15, -0.1) is 0 Å². The number of carbonyl (C=O) groups excluding carboxylic acids is 2. The second kappa shape index (κ2) is 6.65. The number of benzene rings is 2. The quantitative estimate of drug-likeness (QED) is 0.606. The molecule has 0 radical (unpaired) electrons. The Morgan fingerprint density at radius 2 is 1.48 bits per heavy atom. The third-order valence-corrected chi connectivity index (χ3v) is 4.04. The number of hydrogen-bond donors (Lipinski definition) is 0. The van der Waals surface area contributed by atoms with Gasteiger partial charge in [0.25, 0.3) is 11.8 Å². The Kier molecular flexibility index (Phi) is 4.42. The molecule has 1 aliphatic heterocycles. The summed E-state index contributed by atoms with van der Waals surface area (Å²) >= 11 is 0. The number of hydrogen-bond acceptors (Lipinski definition) is 3. The largest absolute Gasteiger partial charge is 0.494 e. The Hall–Kier alpha value is -2.62. The van der Waals surface area contributed by atoms with Crippen LogP contribution < -0.4 is 4.74 Å². The molecular weight excluding hydrogens is 290 g/mol. The first kappa shape index (κ1) is 15.3. The molecule has 118 valence electrons. The lowest BCUT2D eigenvalue weighted by Gasteiger charge is -2.22. The van der Waals surface area contributed by atoms with Gasteiger partial charge in [0, 0.05) is 6.04 Å². The van der Waals surface area contributed by atoms with Crippen LogP contribution >= 0.6 is 0 Å². The van der Waals surface area contributed by atoms with Gasteiger partial charge in [0.1, 0.15) is 5.75 Å². The first-order chi connectivity index (χ1) is 11.2. The van der Waals surface area contributed by atoms with Crippen LogP contribution in [0.25, 0.3) is 0 Å². The fraction of sp³-hybridized carbons (Fsp3) is 0.263. The van der Waals surface area contributed by atoms with E-state index in [0.29, 0.717) is 17.7 Å². The zero-order valence-electron chi connectivity index (χ0n) is 13.1. The van der Waals surface area contributed by atoms with Crippen LogP contribution in [-0.2, 0) is 0 Å². The standard InChI is InChI=1S/C19H19NO3/c1-14(8-7-13-23-15-9-3-2-4-10-15)20-18(21)16-11-5-6-12-17(16)19(20)22/h2-6,9-12,14H,7-8,13H2,1H3. The number of amides is 2. The number of imide groups is 1. The molecule has 23 heavy (non-hydrogen) atoms. The van der Waals surface area contributed by atoms with E-state index in [1.165, 1.54) is 4.90 Å². The van der Waals surface area contributed by atoms with Crippen molar-refractivity contribution in [3.63, 3.8) is 0 Å². The number of carbonyl (C=O) groups is 2. The van der Waals surface area contributed by atoms with Crippen molar-refractivity contribution in [1.29, 1.82) is 0 Å². The van der Waals surface area contributed by atoms with Crippen LogP contribution in [0.1, 0.15) is 40.5 Å². The lowest BCUT2D eigenvalue weighted by molar-refractivity contribution is 0.0585. The summed E-state index contributed by atoms with van der Waals surface area (Å²) in [6.07, 6.45) is 1.50. The Morgan fingerprint density at radius 3 is 2.09 bits per heavy atom. The van der Waals surface area contributed by atoms with Gasteiger partial charge < -0.3 is 4.74 Å². The van der Waals surface area contributed by atoms with E-state index in [1.807, 2.05) is 37.3 Å². The molecule has 0 aliphatic carbocycles. The van der Waals surface area contributed by atoms with Gasteiger partial charge >= 0.3 is 0 Å². The molecule has 0 N–H and O–H groups in total. The van der Waals surface area contributed by atoms with Crippen LogP contribution in [0.4, 0.5) is 0 Å². The lowest BCUT2D eigenvalue weighted by atomic mass is 10.1. The summed E-state index contributed by atoms with van der Waals surface area (Å²) in [5, 5.41) is 0. The fourth-order valence-corrected chi connectivity index (χ4v) is 2.82. The monoisotopic (exact) mass is 309 g/mol. The molecule has 0 fully saturated rings. The average molecular weight is 309 g/mol. The molecule has 0 spiro atoms. The van der Waals surface area contributed by atoms with Gasteiger partial charge in [0.05, 0.1) is 17.7 Å². The van der Waals surface area contributed by atoms with E-state index in [4.69, 9.17) is 4.74 Å². The number of ether oxygens (including phenoxy) is 1. The summed E-state index contributed by atoms with van der Waals surface area (Å²) in [6, 6.07) is 16.5. The van der Waals surface area contributed by atoms with Crippen molar-refractivity contribution in [2.75, 3.05) is 6.61 Å². The first-order valence-electron chi connectivity index (χ1n) is 7.83. The molecule has 4 nitrogen and oxygen atoms in total. The third-order valence-electron chi connectivity index (χ3n) is 4.04. The van der Waals surface area contributed by atoms with Gasteiger partial charge in [-0.2, -0.15) is 0 Å². The zero-order chi connectivity index (χ0) is 16.2. The normalized spacial score (nSPS) is 14.7. The Labute approximate surface area is 135 Å². The van der Waals surface area contributed by atoms with E-state index in [-0.39, 0.29) is 17.9 Å². The zero-order valence-corrected chi connectivity index (χ0v) is 13.1. The van der Waals surface area contributed by atoms with Gasteiger partial charge in [-0.05, 0) is 44.0 Å². The number of fused-ring (bicyclic) bond motifs is 1. The second-order valence-electron chi connectivity index (χ2n) is 5.68. The minimum absolute atomic E-state index is 0.137. The van der Waals surface area contributed by atoms with E-state index < -0.39 is 0 Å². The van der Waals surface area contributed by atoms with E-state index in [2.05, 4.69) is 0 Å². The molecule has 0 aromatic heterocycles. The molecule has 3 rings (SSSR count). The maximum absolute atomic E-state index is 12.4. The summed E-state index contributed by atoms with van der Waals surface area (Å²) in [7, 11) is 0. The van der Waals surface area contributed by atoms with Crippen molar-refractivity contribution in [2.45, 2.75) is 25.8 Å². The minimum atomic E-state index is -0.193. The summed E-state index contributed by atoms with van der Waals surface area (Å²) in [5.41, 5.74) is 1.01. The highest BCUT2D eigenvalue weighted by Crippen LogP contribution is 2.25. The first-order valence-corrected chi connectivity index (χ1v) is 7.83. The highest BCUT2D eigenvalue weighted by molar-refractivity contribution is 6.21. The van der Waals surface area contributed by atoms with Crippen molar-refractivity contribution in [1.82, 2.24) is 4.90 Å². The maximum Gasteiger partial charge on any atom is 0.261 e. The van der Waals surface area contributed by atoms with Crippen LogP contribution in [0.15, 0.2) is 54.6 Å². The average Bonchev–Trinajstić information content (AvgIpc) is 2.84. The predicted molar refractivity (Wildman–Crippen MR) is 87.6 cm³/mol. The van der Waals surface area contributed by atoms with E-state index >= 15 is 0 Å². The highest BCUT2D eigenvalue weighted by Gasteiger charge is 2.37. The topological polar surface area (TPSA) is 46.6 Å². The SMILES string of the molecule is CC(CCCOc1ccccc1)N1C(=O)c2ccccc2C1=O. The van der Waals surface area contributed by atoms with E-state index in [9.17, 15) is 9.59 Å². The van der Waals surface area contributed by atoms with Gasteiger partial charge in [-0.25, -0.2) is 0 Å². The molecule has 1 heterocycles. The molecule has 0 saturated carbocycles. The number of para-hydroxylation sites is 1. The summed E-state index contributed by atoms with van der Waals surface area (Å²) in [6.45, 7) is 2.47. The fourth-order valence-electron chi connectivity index (χ4n) is 2.82. The van der Waals surface area contributed by atoms with Crippen LogP contribution in [0, 0.1) is 0 Å². The molecule has 2 aromatic carbocycles. The van der Waals surface area contributed by atoms with Gasteiger partial charge in [0.2, 0.25) is 0 Å². The number of rotatable bonds is 6. The van der Waals surface area contributed by atoms with Crippen LogP contribution in [0.3, 0.4) is 0 Å². The lowest BCUT2D eigenvalue weighted by Crippen LogP contribution is -2.38. The van der Waals surface area contributed by atoms with Crippen molar-refractivity contribution in [3.8, 4) is 5.75 Å². The smallest absolute Gasteiger partial charge is 0.261 e. The van der Waals surface area contributed by atoms with E-state index in [0.717, 1.165) is 18.6 Å². The summed E-state index contributed by atoms with van der Waals surface area (Å²) in [5.74, 6) is 0.449. The van der Waals surface area contributed by atoms with Crippen molar-refractivity contribution < 1.29 is 14.3 Å². The predicted octanol–water partition coefficient (Wildman–Crippen LogP) is 3.53. The van der Waals surface area contributed by atoms with Crippen molar-refractivity contribution in [3.05, 3.63) is 65.7 Å². The number of nitrogens with zero attached hydrogens (tertiary/aromatic N) is 1. The maximum atomic E-state index is 12.4. The molecule has 2 aromatic rings. The molecule has 4 heteroatoms. The van der Waals surface area contributed by atoms with Crippen LogP contribution in [-0.4, -0.2) is 29.4 Å². The van der Waals surface area contributed by atoms with E-state index in [1.54, 1.807) is 24.3 Å². The molecule has 0 bridgehead atoms. The second-order valence-corrected chi connectivity index (χ2v) is 5.68. The third kappa shape index (κ3) is 3.11. The van der Waals surface area contributed by atoms with Gasteiger partial charge in [-0.3, -0.25) is 14.5 Å². The van der Waals surface area contributed by atoms with Gasteiger partial charge in [0.15, 0.2) is 0 Å². The molecule has 2 amide bonds. The molecule has 1 aliphatic rings. The summed E-state index contributed by atoms with van der Waals surface area (Å²) in [4.78, 5) is 26.1. The molecule has 1 unspecified atom stereocenters. The Morgan fingerprint density at radius 1 is 0.913 bits per heavy atom.